The van der Waals surface area contributed by atoms with Gasteiger partial charge in [0.25, 0.3) is 0 Å². The molecule has 2 aromatic heterocycles. The van der Waals surface area contributed by atoms with E-state index in [0.29, 0.717) is 0 Å². The van der Waals surface area contributed by atoms with Gasteiger partial charge in [0.05, 0.1) is 18.5 Å². The molecule has 5 N–H and O–H groups in total. The molecule has 0 amide bonds. The number of benzene rings is 2. The third-order valence-electron chi connectivity index (χ3n) is 3.88. The summed E-state index contributed by atoms with van der Waals surface area (Å²) in [5.41, 5.74) is 4.02. The first-order valence-electron chi connectivity index (χ1n) is 10.2. The summed E-state index contributed by atoms with van der Waals surface area (Å²) in [5, 5.41) is 28.1. The highest BCUT2D eigenvalue weighted by atomic mass is 17.0. The minimum absolute atomic E-state index is 0. The summed E-state index contributed by atoms with van der Waals surface area (Å²) < 4.78 is 5.08. The van der Waals surface area contributed by atoms with Crippen LogP contribution in [0, 0.1) is 0 Å². The molecular weight excluding hydrogens is 436 g/mol. The summed E-state index contributed by atoms with van der Waals surface area (Å²) in [6.07, 6.45) is 3.54. The van der Waals surface area contributed by atoms with Crippen molar-refractivity contribution in [3.8, 4) is 34.0 Å². The van der Waals surface area contributed by atoms with Gasteiger partial charge in [-0.1, -0.05) is 26.0 Å². The molecule has 0 unspecified atom stereocenters. The van der Waals surface area contributed by atoms with Crippen molar-refractivity contribution in [3.05, 3.63) is 97.3 Å². The van der Waals surface area contributed by atoms with E-state index in [1.54, 1.807) is 31.6 Å². The Bertz CT molecular complexity index is 952. The van der Waals surface area contributed by atoms with E-state index in [4.69, 9.17) is 25.5 Å². The monoisotopic (exact) mass is 469 g/mol. The number of aromatic nitrogens is 2. The Hall–Kier alpha value is -3.82. The predicted octanol–water partition coefficient (Wildman–Crippen LogP) is 5.69. The molecule has 8 nitrogen and oxygen atoms in total. The number of hydrogen-bond donors (Lipinski definition) is 4. The van der Waals surface area contributed by atoms with Gasteiger partial charge in [-0.2, -0.15) is 0 Å². The smallest absolute Gasteiger partial charge is 0.118 e. The quantitative estimate of drug-likeness (QED) is 0.221. The summed E-state index contributed by atoms with van der Waals surface area (Å²) in [5.74, 6) is 1.14. The fraction of sp³-hybridized carbons (Fsp3) is 0.154. The predicted molar refractivity (Wildman–Crippen MR) is 134 cm³/mol. The number of aliphatic hydroxyl groups excluding tert-OH is 1. The molecule has 0 radical (unpaired) electrons. The zero-order chi connectivity index (χ0) is 24.9. The lowest BCUT2D eigenvalue weighted by Gasteiger charge is -2.02. The van der Waals surface area contributed by atoms with E-state index in [0.717, 1.165) is 35.4 Å². The maximum absolute atomic E-state index is 9.08. The van der Waals surface area contributed by atoms with Gasteiger partial charge in [-0.15, -0.1) is 0 Å². The molecular formula is C26H33N2O6-. The minimum Gasteiger partial charge on any atom is -0.870 e. The molecule has 0 saturated carbocycles. The third kappa shape index (κ3) is 11.7. The molecule has 8 heteroatoms. The number of aliphatic hydroxyl groups is 1. The zero-order valence-electron chi connectivity index (χ0n) is 19.8. The molecule has 0 aliphatic carbocycles. The molecule has 4 aromatic rings. The normalized spacial score (nSPS) is 8.32. The maximum Gasteiger partial charge on any atom is 0.118 e. The van der Waals surface area contributed by atoms with Crippen molar-refractivity contribution in [3.63, 3.8) is 0 Å². The summed E-state index contributed by atoms with van der Waals surface area (Å²) in [4.78, 5) is 8.46. The molecule has 4 rings (SSSR count). The van der Waals surface area contributed by atoms with Crippen molar-refractivity contribution in [2.45, 2.75) is 13.8 Å². The molecule has 0 fully saturated rings. The van der Waals surface area contributed by atoms with Crippen molar-refractivity contribution in [2.24, 2.45) is 0 Å². The molecule has 0 aliphatic rings. The number of methoxy groups -OCH3 is 1. The fourth-order valence-corrected chi connectivity index (χ4v) is 2.46. The van der Waals surface area contributed by atoms with Crippen LogP contribution in [0.4, 0.5) is 0 Å². The van der Waals surface area contributed by atoms with Gasteiger partial charge in [-0.25, -0.2) is 0 Å². The summed E-state index contributed by atoms with van der Waals surface area (Å²) in [7, 11) is 2.66. The Balaban J connectivity index is 0. The second-order valence-electron chi connectivity index (χ2n) is 5.71. The summed E-state index contributed by atoms with van der Waals surface area (Å²) >= 11 is 0. The van der Waals surface area contributed by atoms with E-state index < -0.39 is 0 Å². The lowest BCUT2D eigenvalue weighted by Crippen LogP contribution is -1.84. The summed E-state index contributed by atoms with van der Waals surface area (Å²) in [6, 6.07) is 26.5. The lowest BCUT2D eigenvalue weighted by molar-refractivity contribution is -0.176. The van der Waals surface area contributed by atoms with Crippen LogP contribution in [0.5, 0.6) is 11.5 Å². The van der Waals surface area contributed by atoms with Crippen molar-refractivity contribution < 1.29 is 30.9 Å². The van der Waals surface area contributed by atoms with Gasteiger partial charge in [0, 0.05) is 30.6 Å². The molecule has 0 bridgehead atoms. The molecule has 0 aliphatic heterocycles. The topological polar surface area (TPSA) is 146 Å². The highest BCUT2D eigenvalue weighted by Crippen LogP contribution is 2.20. The molecule has 2 aromatic carbocycles. The van der Waals surface area contributed by atoms with Crippen LogP contribution in [-0.4, -0.2) is 50.4 Å². The van der Waals surface area contributed by atoms with Crippen LogP contribution in [-0.2, 0) is 0 Å². The number of rotatable bonds is 3. The Morgan fingerprint density at radius 3 is 1.32 bits per heavy atom. The average molecular weight is 470 g/mol. The maximum atomic E-state index is 9.08. The molecule has 0 atom stereocenters. The number of pyridine rings is 2. The number of phenolic OH excluding ortho intramolecular Hbond substituents is 1. The highest BCUT2D eigenvalue weighted by molar-refractivity contribution is 5.60. The van der Waals surface area contributed by atoms with Crippen LogP contribution < -0.4 is 4.74 Å². The molecule has 2 heterocycles. The van der Waals surface area contributed by atoms with Gasteiger partial charge in [0.2, 0.25) is 0 Å². The first kappa shape index (κ1) is 32.4. The largest absolute Gasteiger partial charge is 0.870 e. The lowest BCUT2D eigenvalue weighted by atomic mass is 10.1. The van der Waals surface area contributed by atoms with E-state index in [1.807, 2.05) is 86.6 Å². The minimum atomic E-state index is 0. The van der Waals surface area contributed by atoms with Gasteiger partial charge in [0.15, 0.2) is 0 Å². The Morgan fingerprint density at radius 2 is 1.00 bits per heavy atom. The molecule has 0 spiro atoms. The van der Waals surface area contributed by atoms with E-state index >= 15 is 0 Å². The second kappa shape index (κ2) is 21.0. The Labute approximate surface area is 200 Å². The van der Waals surface area contributed by atoms with Crippen LogP contribution in [0.25, 0.3) is 22.5 Å². The zero-order valence-corrected chi connectivity index (χ0v) is 19.8. The highest BCUT2D eigenvalue weighted by Gasteiger charge is 1.98. The SMILES string of the molecule is CC.CO.COc1ccc(-c2ccccn2)cc1.OO.Oc1ccc(-c2ccccn2)cc1.[OH-]. The average Bonchev–Trinajstić information content (AvgIpc) is 2.94. The van der Waals surface area contributed by atoms with Crippen LogP contribution in [0.1, 0.15) is 13.8 Å². The van der Waals surface area contributed by atoms with Crippen LogP contribution in [0.3, 0.4) is 0 Å². The van der Waals surface area contributed by atoms with Crippen molar-refractivity contribution in [1.29, 1.82) is 0 Å². The van der Waals surface area contributed by atoms with Gasteiger partial charge in [-0.05, 0) is 72.8 Å². The van der Waals surface area contributed by atoms with E-state index in [2.05, 4.69) is 9.97 Å². The van der Waals surface area contributed by atoms with E-state index in [9.17, 15) is 0 Å². The first-order valence-corrected chi connectivity index (χ1v) is 10.2. The van der Waals surface area contributed by atoms with Crippen LogP contribution in [0.2, 0.25) is 0 Å². The Morgan fingerprint density at radius 1 is 0.618 bits per heavy atom. The standard InChI is InChI=1S/C12H11NO.C11H9NO.C2H6.CH4O.H2O2.H2O/c1-14-11-7-5-10(6-8-11)12-4-2-3-9-13-12;13-10-6-4-9(5-7-10)11-3-1-2-8-12-11;3*1-2;/h2-9H,1H3;1-8,13H;1-2H3;2H,1H3;1-2H;1H2/p-1. The fourth-order valence-electron chi connectivity index (χ4n) is 2.46. The Kier molecular flexibility index (Phi) is 20.0. The number of hydrogen-bond acceptors (Lipinski definition) is 8. The second-order valence-corrected chi connectivity index (χ2v) is 5.71. The van der Waals surface area contributed by atoms with E-state index in [-0.39, 0.29) is 11.2 Å². The van der Waals surface area contributed by atoms with Gasteiger partial charge in [0.1, 0.15) is 11.5 Å². The van der Waals surface area contributed by atoms with Gasteiger partial charge >= 0.3 is 0 Å². The van der Waals surface area contributed by atoms with Crippen molar-refractivity contribution in [1.82, 2.24) is 9.97 Å². The molecule has 0 saturated heterocycles. The first-order chi connectivity index (χ1) is 16.3. The van der Waals surface area contributed by atoms with E-state index in [1.165, 1.54) is 0 Å². The number of phenols is 1. The summed E-state index contributed by atoms with van der Waals surface area (Å²) in [6.45, 7) is 4.00. The number of aromatic hydroxyl groups is 1. The molecule has 34 heavy (non-hydrogen) atoms. The van der Waals surface area contributed by atoms with Gasteiger partial charge < -0.3 is 20.4 Å². The van der Waals surface area contributed by atoms with Crippen LogP contribution >= 0.6 is 0 Å². The van der Waals surface area contributed by atoms with Gasteiger partial charge in [-0.3, -0.25) is 20.5 Å². The number of ether oxygens (including phenoxy) is 1. The van der Waals surface area contributed by atoms with Crippen molar-refractivity contribution >= 4 is 0 Å². The van der Waals surface area contributed by atoms with Crippen LogP contribution in [0.15, 0.2) is 97.3 Å². The molecule has 184 valence electrons. The number of nitrogens with zero attached hydrogens (tertiary/aromatic N) is 2. The third-order valence-corrected chi connectivity index (χ3v) is 3.88. The van der Waals surface area contributed by atoms with Crippen molar-refractivity contribution in [2.75, 3.05) is 14.2 Å².